The van der Waals surface area contributed by atoms with E-state index in [0.29, 0.717) is 30.8 Å². The van der Waals surface area contributed by atoms with Crippen LogP contribution in [0.1, 0.15) is 104 Å². The lowest BCUT2D eigenvalue weighted by Crippen LogP contribution is -2.27. The number of rotatable bonds is 3. The third kappa shape index (κ3) is 30.1. The van der Waals surface area contributed by atoms with Gasteiger partial charge < -0.3 is 10.5 Å². The third-order valence-electron chi connectivity index (χ3n) is 2.68. The molecule has 0 aromatic carbocycles. The summed E-state index contributed by atoms with van der Waals surface area (Å²) in [6, 6.07) is 0.333. The van der Waals surface area contributed by atoms with Crippen molar-refractivity contribution in [2.75, 3.05) is 6.61 Å². The Kier molecular flexibility index (Phi) is 17.6. The van der Waals surface area contributed by atoms with Crippen LogP contribution in [0.15, 0.2) is 0 Å². The molecular weight excluding hydrogens is 338 g/mol. The summed E-state index contributed by atoms with van der Waals surface area (Å²) in [7, 11) is 0. The maximum Gasteiger partial charge on any atom is 0.311 e. The molecule has 2 N–H and O–H groups in total. The average molecular weight is 390 g/mol. The highest BCUT2D eigenvalue weighted by Crippen LogP contribution is 2.20. The molecule has 4 nitrogen and oxygen atoms in total. The molecule has 0 atom stereocenters. The van der Waals surface area contributed by atoms with Gasteiger partial charge in [0, 0.05) is 11.8 Å². The molecule has 0 rings (SSSR count). The lowest BCUT2D eigenvalue weighted by Gasteiger charge is -2.22. The number of hydrogen-bond acceptors (Lipinski definition) is 4. The van der Waals surface area contributed by atoms with E-state index in [2.05, 4.69) is 13.8 Å². The molecule has 0 aromatic heterocycles. The number of ketones is 1. The van der Waals surface area contributed by atoms with Gasteiger partial charge in [-0.1, -0.05) is 76.7 Å². The van der Waals surface area contributed by atoms with Gasteiger partial charge in [0.25, 0.3) is 0 Å². The molecule has 0 fully saturated rings. The van der Waals surface area contributed by atoms with Crippen LogP contribution < -0.4 is 5.73 Å². The minimum Gasteiger partial charge on any atom is -0.465 e. The molecule has 0 saturated heterocycles. The number of carbonyl (C=O) groups is 2. The van der Waals surface area contributed by atoms with Crippen LogP contribution >= 0.6 is 0 Å². The molecule has 0 amide bonds. The van der Waals surface area contributed by atoms with Crippen molar-refractivity contribution in [2.45, 2.75) is 110 Å². The van der Waals surface area contributed by atoms with E-state index >= 15 is 0 Å². The van der Waals surface area contributed by atoms with Crippen molar-refractivity contribution in [1.29, 1.82) is 0 Å². The molecule has 0 aromatic rings. The fraction of sp³-hybridized carbons (Fsp3) is 0.913. The first kappa shape index (κ1) is 33.7. The van der Waals surface area contributed by atoms with Crippen molar-refractivity contribution in [3.05, 3.63) is 0 Å². The van der Waals surface area contributed by atoms with Gasteiger partial charge in [0.1, 0.15) is 5.78 Å². The summed E-state index contributed by atoms with van der Waals surface area (Å²) in [5.74, 6) is 0.728. The van der Waals surface area contributed by atoms with E-state index < -0.39 is 0 Å². The van der Waals surface area contributed by atoms with Crippen LogP contribution in [0.5, 0.6) is 0 Å². The monoisotopic (exact) mass is 389 g/mol. The molecule has 27 heavy (non-hydrogen) atoms. The third-order valence-corrected chi connectivity index (χ3v) is 2.68. The maximum absolute atomic E-state index is 11.3. The van der Waals surface area contributed by atoms with Gasteiger partial charge in [0.05, 0.1) is 12.0 Å². The molecule has 0 saturated carbocycles. The Bertz CT molecular complexity index is 389. The standard InChI is InChI=1S/C10H20O2.C9H18O.C3H9N.CH4/c1-9(2,3)7-12-8(11)10(4,5)6;1-7(2)6-8(10)9(3,4)5;1-3(2)4;/h7H2,1-6H3;7H,6H2,1-5H3;3H,4H2,1-2H3;1H4. The molecule has 0 radical (unpaired) electrons. The number of nitrogens with two attached hydrogens (primary N) is 1. The van der Waals surface area contributed by atoms with Crippen molar-refractivity contribution < 1.29 is 14.3 Å². The second-order valence-corrected chi connectivity index (χ2v) is 10.9. The van der Waals surface area contributed by atoms with E-state index in [9.17, 15) is 9.59 Å². The first-order valence-corrected chi connectivity index (χ1v) is 9.66. The fourth-order valence-electron chi connectivity index (χ4n) is 1.18. The molecule has 0 aliphatic carbocycles. The first-order valence-electron chi connectivity index (χ1n) is 9.66. The minimum absolute atomic E-state index is 0. The van der Waals surface area contributed by atoms with Crippen molar-refractivity contribution in [3.8, 4) is 0 Å². The Balaban J connectivity index is -0.000000160. The second kappa shape index (κ2) is 14.1. The van der Waals surface area contributed by atoms with Gasteiger partial charge >= 0.3 is 5.97 Å². The molecular formula is C23H51NO3. The van der Waals surface area contributed by atoms with Gasteiger partial charge in [0.15, 0.2) is 0 Å². The Hall–Kier alpha value is -0.900. The van der Waals surface area contributed by atoms with Crippen LogP contribution in [0.25, 0.3) is 0 Å². The number of carbonyl (C=O) groups excluding carboxylic acids is 2. The number of Topliss-reactive ketones (excluding diaryl/α,β-unsaturated/α-hetero) is 1. The smallest absolute Gasteiger partial charge is 0.311 e. The summed E-state index contributed by atoms with van der Waals surface area (Å²) in [4.78, 5) is 22.6. The van der Waals surface area contributed by atoms with E-state index in [1.807, 2.05) is 76.2 Å². The first-order chi connectivity index (χ1) is 11.2. The largest absolute Gasteiger partial charge is 0.465 e. The summed E-state index contributed by atoms with van der Waals surface area (Å²) < 4.78 is 5.13. The van der Waals surface area contributed by atoms with E-state index in [0.717, 1.165) is 0 Å². The van der Waals surface area contributed by atoms with Gasteiger partial charge in [-0.05, 0) is 38.1 Å². The summed E-state index contributed by atoms with van der Waals surface area (Å²) in [5, 5.41) is 0. The summed E-state index contributed by atoms with van der Waals surface area (Å²) in [6.07, 6.45) is 0.712. The Labute approximate surface area is 171 Å². The van der Waals surface area contributed by atoms with E-state index in [4.69, 9.17) is 10.5 Å². The van der Waals surface area contributed by atoms with Gasteiger partial charge in [-0.15, -0.1) is 0 Å². The molecule has 0 unspecified atom stereocenters. The predicted molar refractivity (Wildman–Crippen MR) is 120 cm³/mol. The van der Waals surface area contributed by atoms with Crippen molar-refractivity contribution in [2.24, 2.45) is 27.9 Å². The molecule has 0 bridgehead atoms. The van der Waals surface area contributed by atoms with E-state index in [1.54, 1.807) is 0 Å². The second-order valence-electron chi connectivity index (χ2n) is 10.9. The summed E-state index contributed by atoms with van der Waals surface area (Å²) >= 11 is 0. The lowest BCUT2D eigenvalue weighted by atomic mass is 9.86. The number of hydrogen-bond donors (Lipinski definition) is 1. The predicted octanol–water partition coefficient (Wildman–Crippen LogP) is 6.26. The normalized spacial score (nSPS) is 11.6. The van der Waals surface area contributed by atoms with Crippen LogP contribution in [0.3, 0.4) is 0 Å². The summed E-state index contributed by atoms with van der Waals surface area (Å²) in [5.41, 5.74) is 4.64. The summed E-state index contributed by atoms with van der Waals surface area (Å²) in [6.45, 7) is 26.1. The molecule has 4 heteroatoms. The highest BCUT2D eigenvalue weighted by molar-refractivity contribution is 5.83. The Morgan fingerprint density at radius 1 is 0.815 bits per heavy atom. The van der Waals surface area contributed by atoms with Crippen LogP contribution in [0.4, 0.5) is 0 Å². The van der Waals surface area contributed by atoms with Gasteiger partial charge in [0.2, 0.25) is 0 Å². The van der Waals surface area contributed by atoms with Crippen LogP contribution in [-0.2, 0) is 14.3 Å². The van der Waals surface area contributed by atoms with E-state index in [1.165, 1.54) is 0 Å². The quantitative estimate of drug-likeness (QED) is 0.578. The number of ether oxygens (including phenoxy) is 1. The van der Waals surface area contributed by atoms with Crippen LogP contribution in [0, 0.1) is 22.2 Å². The van der Waals surface area contributed by atoms with Gasteiger partial charge in [-0.25, -0.2) is 0 Å². The van der Waals surface area contributed by atoms with Crippen molar-refractivity contribution in [3.63, 3.8) is 0 Å². The van der Waals surface area contributed by atoms with Gasteiger partial charge in [-0.2, -0.15) is 0 Å². The Morgan fingerprint density at radius 2 is 1.15 bits per heavy atom. The lowest BCUT2D eigenvalue weighted by molar-refractivity contribution is -0.155. The molecule has 0 aliphatic heterocycles. The SMILES string of the molecule is C.CC(C)(C)COC(=O)C(C)(C)C.CC(C)CC(=O)C(C)(C)C.CC(C)N. The minimum atomic E-state index is -0.384. The van der Waals surface area contributed by atoms with Crippen LogP contribution in [0.2, 0.25) is 0 Å². The average Bonchev–Trinajstić information content (AvgIpc) is 2.31. The zero-order chi connectivity index (χ0) is 21.9. The zero-order valence-electron chi connectivity index (χ0n) is 19.9. The highest BCUT2D eigenvalue weighted by atomic mass is 16.5. The highest BCUT2D eigenvalue weighted by Gasteiger charge is 2.24. The molecule has 166 valence electrons. The Morgan fingerprint density at radius 3 is 1.30 bits per heavy atom. The van der Waals surface area contributed by atoms with Crippen LogP contribution in [-0.4, -0.2) is 24.4 Å². The fourth-order valence-corrected chi connectivity index (χ4v) is 1.18. The van der Waals surface area contributed by atoms with Crippen molar-refractivity contribution >= 4 is 11.8 Å². The zero-order valence-corrected chi connectivity index (χ0v) is 19.9. The topological polar surface area (TPSA) is 69.4 Å². The van der Waals surface area contributed by atoms with Gasteiger partial charge in [-0.3, -0.25) is 9.59 Å². The maximum atomic E-state index is 11.3. The van der Waals surface area contributed by atoms with E-state index in [-0.39, 0.29) is 29.6 Å². The molecule has 0 aliphatic rings. The molecule has 0 heterocycles. The number of esters is 1. The molecule has 0 spiro atoms. The van der Waals surface area contributed by atoms with Crippen molar-refractivity contribution in [1.82, 2.24) is 0 Å².